The molecule has 0 N–H and O–H groups in total. The molecule has 2 saturated heterocycles. The molecule has 156 valence electrons. The van der Waals surface area contributed by atoms with Gasteiger partial charge in [0, 0.05) is 18.1 Å². The van der Waals surface area contributed by atoms with E-state index in [9.17, 15) is 4.79 Å². The fourth-order valence-electron chi connectivity index (χ4n) is 8.02. The predicted molar refractivity (Wildman–Crippen MR) is 109 cm³/mol. The number of hydrogen-bond acceptors (Lipinski definition) is 4. The minimum Gasteiger partial charge on any atom is -0.458 e. The van der Waals surface area contributed by atoms with Crippen LogP contribution in [0.3, 0.4) is 0 Å². The lowest BCUT2D eigenvalue weighted by Gasteiger charge is -2.62. The van der Waals surface area contributed by atoms with E-state index in [1.165, 1.54) is 31.3 Å². The van der Waals surface area contributed by atoms with Gasteiger partial charge in [-0.15, -0.1) is 0 Å². The van der Waals surface area contributed by atoms with Crippen LogP contribution in [0.2, 0.25) is 0 Å². The average molecular weight is 397 g/mol. The van der Waals surface area contributed by atoms with Gasteiger partial charge >= 0.3 is 5.97 Å². The Hall–Kier alpha value is -1.39. The Morgan fingerprint density at radius 2 is 2.10 bits per heavy atom. The minimum absolute atomic E-state index is 0.0650. The smallest absolute Gasteiger partial charge is 0.331 e. The summed E-state index contributed by atoms with van der Waals surface area (Å²) in [6.07, 6.45) is 15.3. The van der Waals surface area contributed by atoms with E-state index >= 15 is 0 Å². The maximum absolute atomic E-state index is 11.7. The van der Waals surface area contributed by atoms with Crippen LogP contribution in [0.1, 0.15) is 58.8 Å². The summed E-state index contributed by atoms with van der Waals surface area (Å²) in [5, 5.41) is 0. The van der Waals surface area contributed by atoms with Gasteiger partial charge < -0.3 is 14.2 Å². The number of fused-ring (bicyclic) bond motifs is 5. The van der Waals surface area contributed by atoms with Crippen molar-refractivity contribution in [2.75, 3.05) is 13.2 Å². The van der Waals surface area contributed by atoms with Gasteiger partial charge in [-0.05, 0) is 80.6 Å². The summed E-state index contributed by atoms with van der Waals surface area (Å²) in [4.78, 5) is 11.7. The Bertz CT molecular complexity index is 838. The number of ether oxygens (including phenoxy) is 3. The maximum Gasteiger partial charge on any atom is 0.331 e. The molecule has 4 aliphatic carbocycles. The molecule has 0 aromatic rings. The maximum atomic E-state index is 11.7. The quantitative estimate of drug-likeness (QED) is 0.512. The number of allylic oxidation sites excluding steroid dienone is 3. The van der Waals surface area contributed by atoms with Crippen molar-refractivity contribution in [2.45, 2.75) is 71.2 Å². The number of carbonyl (C=O) groups is 1. The molecule has 0 radical (unpaired) electrons. The van der Waals surface area contributed by atoms with Crippen LogP contribution in [0.5, 0.6) is 0 Å². The van der Waals surface area contributed by atoms with E-state index < -0.39 is 0 Å². The molecule has 3 heterocycles. The van der Waals surface area contributed by atoms with Gasteiger partial charge in [-0.3, -0.25) is 0 Å². The van der Waals surface area contributed by atoms with Gasteiger partial charge in [-0.25, -0.2) is 4.79 Å². The third kappa shape index (κ3) is 2.36. The van der Waals surface area contributed by atoms with Crippen LogP contribution in [0.25, 0.3) is 0 Å². The van der Waals surface area contributed by atoms with Crippen LogP contribution in [-0.4, -0.2) is 31.6 Å². The Labute approximate surface area is 173 Å². The average Bonchev–Trinajstić information content (AvgIpc) is 3.30. The SMILES string of the molecule is CCOC1O[C@H]2CC[C@]13C(=CC[C@H]1C4=CC[C@H](C5=CC(=O)OC5)[C@@]4(C)CC[C@@H]13)C2. The molecule has 0 amide bonds. The molecular weight excluding hydrogens is 364 g/mol. The molecule has 1 unspecified atom stereocenters. The number of rotatable bonds is 3. The van der Waals surface area contributed by atoms with Crippen LogP contribution in [0, 0.1) is 28.6 Å². The zero-order valence-electron chi connectivity index (χ0n) is 17.6. The highest BCUT2D eigenvalue weighted by molar-refractivity contribution is 5.85. The summed E-state index contributed by atoms with van der Waals surface area (Å²) in [5.41, 5.74) is 4.74. The van der Waals surface area contributed by atoms with Gasteiger partial charge in [0.25, 0.3) is 0 Å². The van der Waals surface area contributed by atoms with Crippen LogP contribution in [0.15, 0.2) is 34.9 Å². The fraction of sp³-hybridized carbons (Fsp3) is 0.720. The monoisotopic (exact) mass is 396 g/mol. The molecule has 4 fully saturated rings. The molecule has 7 aliphatic rings. The van der Waals surface area contributed by atoms with Crippen LogP contribution >= 0.6 is 0 Å². The van der Waals surface area contributed by atoms with Gasteiger partial charge in [0.05, 0.1) is 6.10 Å². The molecule has 7 rings (SSSR count). The summed E-state index contributed by atoms with van der Waals surface area (Å²) in [6, 6.07) is 0. The van der Waals surface area contributed by atoms with Crippen molar-refractivity contribution in [1.82, 2.24) is 0 Å². The van der Waals surface area contributed by atoms with E-state index in [4.69, 9.17) is 14.2 Å². The van der Waals surface area contributed by atoms with Crippen molar-refractivity contribution in [1.29, 1.82) is 0 Å². The van der Waals surface area contributed by atoms with Gasteiger partial charge in [-0.1, -0.05) is 30.2 Å². The largest absolute Gasteiger partial charge is 0.458 e. The first-order chi connectivity index (χ1) is 14.1. The molecule has 3 aliphatic heterocycles. The molecule has 4 heteroatoms. The molecule has 4 nitrogen and oxygen atoms in total. The first-order valence-electron chi connectivity index (χ1n) is 11.6. The highest BCUT2D eigenvalue weighted by Crippen LogP contribution is 2.68. The van der Waals surface area contributed by atoms with Gasteiger partial charge in [0.2, 0.25) is 0 Å². The summed E-state index contributed by atoms with van der Waals surface area (Å²) < 4.78 is 17.9. The van der Waals surface area contributed by atoms with Crippen molar-refractivity contribution < 1.29 is 19.0 Å². The minimum atomic E-state index is -0.162. The Morgan fingerprint density at radius 3 is 2.90 bits per heavy atom. The van der Waals surface area contributed by atoms with E-state index in [0.717, 1.165) is 19.3 Å². The summed E-state index contributed by atoms with van der Waals surface area (Å²) >= 11 is 0. The molecule has 0 aromatic carbocycles. The fourth-order valence-corrected chi connectivity index (χ4v) is 8.02. The lowest BCUT2D eigenvalue weighted by atomic mass is 9.47. The number of hydrogen-bond donors (Lipinski definition) is 0. The first-order valence-corrected chi connectivity index (χ1v) is 11.6. The lowest BCUT2D eigenvalue weighted by molar-refractivity contribution is -0.284. The summed E-state index contributed by atoms with van der Waals surface area (Å²) in [6.45, 7) is 5.74. The zero-order chi connectivity index (χ0) is 19.8. The van der Waals surface area contributed by atoms with E-state index in [0.29, 0.717) is 37.1 Å². The Balaban J connectivity index is 1.36. The second-order valence-electron chi connectivity index (χ2n) is 10.2. The predicted octanol–water partition coefficient (Wildman–Crippen LogP) is 4.71. The van der Waals surface area contributed by atoms with Crippen molar-refractivity contribution in [2.24, 2.45) is 28.6 Å². The Morgan fingerprint density at radius 1 is 1.21 bits per heavy atom. The van der Waals surface area contributed by atoms with Crippen molar-refractivity contribution in [3.8, 4) is 0 Å². The second kappa shape index (κ2) is 6.31. The third-order valence-corrected chi connectivity index (χ3v) is 9.25. The van der Waals surface area contributed by atoms with Crippen LogP contribution in [-0.2, 0) is 19.0 Å². The van der Waals surface area contributed by atoms with E-state index in [2.05, 4.69) is 26.0 Å². The lowest BCUT2D eigenvalue weighted by Crippen LogP contribution is -2.60. The van der Waals surface area contributed by atoms with Gasteiger partial charge in [-0.2, -0.15) is 0 Å². The molecule has 2 saturated carbocycles. The van der Waals surface area contributed by atoms with E-state index in [1.807, 2.05) is 0 Å². The van der Waals surface area contributed by atoms with Crippen LogP contribution < -0.4 is 0 Å². The Kier molecular flexibility index (Phi) is 4.00. The molecule has 29 heavy (non-hydrogen) atoms. The summed E-state index contributed by atoms with van der Waals surface area (Å²) in [7, 11) is 0. The van der Waals surface area contributed by atoms with Crippen molar-refractivity contribution in [3.63, 3.8) is 0 Å². The third-order valence-electron chi connectivity index (χ3n) is 9.25. The highest BCUT2D eigenvalue weighted by Gasteiger charge is 2.63. The topological polar surface area (TPSA) is 44.8 Å². The standard InChI is InChI=1S/C25H32O4/c1-3-27-23-25-11-8-17(29-23)13-16(25)4-5-18-20-7-6-19(15-12-22(26)28-14-15)24(20,2)10-9-21(18)25/h4,7,12,17-19,21,23H,3,5-6,8-11,13-14H2,1-2H3/t17-,18-,19+,21-,23?,24+,25+/m0/s1. The molecule has 1 spiro atoms. The second-order valence-corrected chi connectivity index (χ2v) is 10.2. The molecule has 7 atom stereocenters. The van der Waals surface area contributed by atoms with Crippen molar-refractivity contribution >= 4 is 5.97 Å². The molecular formula is C25H32O4. The number of esters is 1. The van der Waals surface area contributed by atoms with Gasteiger partial charge in [0.1, 0.15) is 6.61 Å². The summed E-state index contributed by atoms with van der Waals surface area (Å²) in [5.74, 6) is 1.47. The number of cyclic esters (lactones) is 1. The van der Waals surface area contributed by atoms with E-state index in [-0.39, 0.29) is 23.1 Å². The van der Waals surface area contributed by atoms with Crippen LogP contribution in [0.4, 0.5) is 0 Å². The number of carbonyl (C=O) groups excluding carboxylic acids is 1. The van der Waals surface area contributed by atoms with Crippen molar-refractivity contribution in [3.05, 3.63) is 34.9 Å². The van der Waals surface area contributed by atoms with Gasteiger partial charge in [0.15, 0.2) is 6.29 Å². The first kappa shape index (κ1) is 18.4. The zero-order valence-corrected chi connectivity index (χ0v) is 17.6. The molecule has 2 bridgehead atoms. The highest BCUT2D eigenvalue weighted by atomic mass is 16.7. The van der Waals surface area contributed by atoms with E-state index in [1.54, 1.807) is 17.2 Å². The normalized spacial score (nSPS) is 47.6. The molecule has 0 aromatic heterocycles.